The van der Waals surface area contributed by atoms with E-state index in [1.807, 2.05) is 49.9 Å². The van der Waals surface area contributed by atoms with Crippen molar-refractivity contribution in [2.24, 2.45) is 17.8 Å². The molecule has 61 heavy (non-hydrogen) atoms. The second kappa shape index (κ2) is 17.8. The lowest BCUT2D eigenvalue weighted by Gasteiger charge is -2.37. The number of carbonyl (C=O) groups excluding carboxylic acids is 4. The minimum atomic E-state index is -0.688. The van der Waals surface area contributed by atoms with E-state index in [9.17, 15) is 19.2 Å². The van der Waals surface area contributed by atoms with Crippen molar-refractivity contribution in [2.75, 3.05) is 20.8 Å². The highest BCUT2D eigenvalue weighted by molar-refractivity contribution is 5.91. The summed E-state index contributed by atoms with van der Waals surface area (Å²) in [6, 6.07) is 19.6. The summed E-state index contributed by atoms with van der Waals surface area (Å²) in [5, 5.41) is 7.66. The van der Waals surface area contributed by atoms with Gasteiger partial charge in [-0.1, -0.05) is 83.7 Å². The highest BCUT2D eigenvalue weighted by Gasteiger charge is 2.51. The molecule has 14 heteroatoms. The molecule has 6 atom stereocenters. The van der Waals surface area contributed by atoms with E-state index in [2.05, 4.69) is 81.3 Å². The van der Waals surface area contributed by atoms with Crippen LogP contribution in [0.1, 0.15) is 91.0 Å². The van der Waals surface area contributed by atoms with Crippen molar-refractivity contribution in [3.8, 4) is 33.6 Å². The molecule has 5 aromatic rings. The van der Waals surface area contributed by atoms with Gasteiger partial charge in [-0.05, 0) is 89.5 Å². The van der Waals surface area contributed by atoms with Crippen molar-refractivity contribution in [3.05, 3.63) is 84.7 Å². The molecule has 14 nitrogen and oxygen atoms in total. The molecule has 1 aliphatic carbocycles. The Morgan fingerprint density at radius 2 is 1.23 bits per heavy atom. The number of methoxy groups -OCH3 is 2. The molecule has 0 unspecified atom stereocenters. The van der Waals surface area contributed by atoms with E-state index in [4.69, 9.17) is 19.4 Å². The molecule has 0 radical (unpaired) electrons. The van der Waals surface area contributed by atoms with Crippen LogP contribution in [0.25, 0.3) is 44.4 Å². The SMILES string of the molecule is C.COC(=O)N[C@H](C(=O)N1CCC[C@H]1c1ncc(-c2ccc3cc(-c4ccc(-c5cnc([C@@H]6[C@H]7CC[C@H](C7)N6C(=O)[C@@H](NC(=O)OC)C(C)C)[nH]5)cc4)ccc3c2)[nH]1)C(C)C. The zero-order valence-corrected chi connectivity index (χ0v) is 35.0. The second-order valence-corrected chi connectivity index (χ2v) is 17.0. The van der Waals surface area contributed by atoms with Crippen LogP contribution < -0.4 is 10.6 Å². The monoisotopic (exact) mass is 830 g/mol. The molecule has 3 aliphatic rings. The van der Waals surface area contributed by atoms with Crippen LogP contribution in [0.2, 0.25) is 0 Å². The third-order valence-electron chi connectivity index (χ3n) is 12.6. The first-order valence-electron chi connectivity index (χ1n) is 21.0. The molecule has 1 saturated carbocycles. The number of rotatable bonds is 11. The van der Waals surface area contributed by atoms with E-state index in [0.717, 1.165) is 88.2 Å². The standard InChI is InChI=1S/C46H54N8O6.CH4/c1-25(2)38(51-45(57)59-5)43(55)53-19-7-8-37(53)41-47-24-36(49-41)32-16-15-30-20-29(13-14-31(30)21-32)27-9-11-28(12-10-27)35-23-48-42(50-35)40-33-17-18-34(22-33)54(40)44(56)39(26(3)4)52-46(58)60-6;/h9-16,20-21,23-26,33-34,37-40H,7-8,17-19,22H2,1-6H3,(H,47,49)(H,48,50)(H,51,57)(H,52,58);1H4/t33-,34+,37-,38-,39-,40-;/m0./s1. The Balaban J connectivity index is 0.00000561. The number of nitrogens with one attached hydrogen (secondary N) is 4. The Morgan fingerprint density at radius 3 is 1.87 bits per heavy atom. The normalized spacial score (nSPS) is 20.5. The van der Waals surface area contributed by atoms with Crippen molar-refractivity contribution >= 4 is 34.8 Å². The van der Waals surface area contributed by atoms with Crippen molar-refractivity contribution in [2.45, 2.75) is 97.4 Å². The number of aromatic nitrogens is 4. The third kappa shape index (κ3) is 8.44. The number of aromatic amines is 2. The summed E-state index contributed by atoms with van der Waals surface area (Å²) >= 11 is 0. The van der Waals surface area contributed by atoms with Gasteiger partial charge < -0.3 is 39.9 Å². The Bertz CT molecular complexity index is 2390. The van der Waals surface area contributed by atoms with E-state index < -0.39 is 24.3 Å². The third-order valence-corrected chi connectivity index (χ3v) is 12.6. The average molecular weight is 831 g/mol. The van der Waals surface area contributed by atoms with Gasteiger partial charge in [0.15, 0.2) is 0 Å². The number of piperidine rings is 1. The summed E-state index contributed by atoms with van der Waals surface area (Å²) in [5.41, 5.74) is 5.93. The lowest BCUT2D eigenvalue weighted by Crippen LogP contribution is -2.54. The van der Waals surface area contributed by atoms with Gasteiger partial charge in [-0.15, -0.1) is 0 Å². The lowest BCUT2D eigenvalue weighted by atomic mass is 9.95. The number of carbonyl (C=O) groups is 4. The highest BCUT2D eigenvalue weighted by atomic mass is 16.5. The van der Waals surface area contributed by atoms with Crippen LogP contribution in [0.5, 0.6) is 0 Å². The van der Waals surface area contributed by atoms with Gasteiger partial charge in [0.2, 0.25) is 11.8 Å². The molecule has 322 valence electrons. The molecule has 3 aromatic carbocycles. The van der Waals surface area contributed by atoms with Gasteiger partial charge in [0.1, 0.15) is 23.7 Å². The number of ether oxygens (including phenoxy) is 2. The fourth-order valence-corrected chi connectivity index (χ4v) is 9.43. The quantitative estimate of drug-likeness (QED) is 0.103. The largest absolute Gasteiger partial charge is 0.453 e. The van der Waals surface area contributed by atoms with E-state index in [1.54, 1.807) is 0 Å². The van der Waals surface area contributed by atoms with Gasteiger partial charge in [0.25, 0.3) is 0 Å². The number of hydrogen-bond acceptors (Lipinski definition) is 8. The van der Waals surface area contributed by atoms with Crippen LogP contribution >= 0.6 is 0 Å². The smallest absolute Gasteiger partial charge is 0.407 e. The average Bonchev–Trinajstić information content (AvgIpc) is 4.12. The minimum absolute atomic E-state index is 0. The molecule has 4 heterocycles. The van der Waals surface area contributed by atoms with Crippen LogP contribution in [-0.2, 0) is 19.1 Å². The second-order valence-electron chi connectivity index (χ2n) is 17.0. The zero-order valence-electron chi connectivity index (χ0n) is 35.0. The van der Waals surface area contributed by atoms with E-state index >= 15 is 0 Å². The fourth-order valence-electron chi connectivity index (χ4n) is 9.43. The van der Waals surface area contributed by atoms with Crippen LogP contribution in [0, 0.1) is 17.8 Å². The molecular weight excluding hydrogens is 773 g/mol. The first-order valence-corrected chi connectivity index (χ1v) is 21.0. The number of likely N-dealkylation sites (tertiary alicyclic amines) is 2. The maximum atomic E-state index is 13.9. The van der Waals surface area contributed by atoms with Gasteiger partial charge >= 0.3 is 12.2 Å². The summed E-state index contributed by atoms with van der Waals surface area (Å²) in [4.78, 5) is 72.0. The molecule has 8 rings (SSSR count). The van der Waals surface area contributed by atoms with Gasteiger partial charge in [-0.3, -0.25) is 9.59 Å². The van der Waals surface area contributed by atoms with Crippen molar-refractivity contribution in [1.82, 2.24) is 40.4 Å². The number of alkyl carbamates (subject to hydrolysis) is 2. The first-order chi connectivity index (χ1) is 28.9. The predicted molar refractivity (Wildman–Crippen MR) is 234 cm³/mol. The predicted octanol–water partition coefficient (Wildman–Crippen LogP) is 8.40. The Morgan fingerprint density at radius 1 is 0.689 bits per heavy atom. The molecule has 4 amide bonds. The van der Waals surface area contributed by atoms with Gasteiger partial charge in [-0.25, -0.2) is 19.6 Å². The Labute approximate surface area is 357 Å². The summed E-state index contributed by atoms with van der Waals surface area (Å²) in [7, 11) is 2.60. The van der Waals surface area contributed by atoms with Crippen molar-refractivity contribution in [3.63, 3.8) is 0 Å². The zero-order chi connectivity index (χ0) is 42.2. The van der Waals surface area contributed by atoms with Crippen molar-refractivity contribution in [1.29, 1.82) is 0 Å². The molecule has 0 spiro atoms. The van der Waals surface area contributed by atoms with E-state index in [0.29, 0.717) is 12.5 Å². The summed E-state index contributed by atoms with van der Waals surface area (Å²) < 4.78 is 9.60. The number of benzene rings is 3. The summed E-state index contributed by atoms with van der Waals surface area (Å²) in [6.45, 7) is 8.27. The Hall–Kier alpha value is -6.18. The minimum Gasteiger partial charge on any atom is -0.453 e. The molecule has 2 bridgehead atoms. The lowest BCUT2D eigenvalue weighted by molar-refractivity contribution is -0.139. The van der Waals surface area contributed by atoms with Gasteiger partial charge in [0.05, 0.1) is 50.1 Å². The van der Waals surface area contributed by atoms with E-state index in [1.165, 1.54) is 14.2 Å². The molecule has 4 N–H and O–H groups in total. The number of imidazole rings is 2. The number of nitrogens with zero attached hydrogens (tertiary/aromatic N) is 4. The van der Waals surface area contributed by atoms with Crippen LogP contribution in [0.4, 0.5) is 9.59 Å². The molecule has 3 fully saturated rings. The maximum Gasteiger partial charge on any atom is 0.407 e. The Kier molecular flexibility index (Phi) is 12.5. The topological polar surface area (TPSA) is 175 Å². The number of fused-ring (bicyclic) bond motifs is 3. The molecule has 2 saturated heterocycles. The van der Waals surface area contributed by atoms with E-state index in [-0.39, 0.29) is 49.2 Å². The molecular formula is C47H58N8O6. The first kappa shape index (κ1) is 42.9. The molecule has 2 aromatic heterocycles. The summed E-state index contributed by atoms with van der Waals surface area (Å²) in [6.07, 6.45) is 7.00. The highest BCUT2D eigenvalue weighted by Crippen LogP contribution is 2.50. The molecule has 2 aliphatic heterocycles. The van der Waals surface area contributed by atoms with Crippen molar-refractivity contribution < 1.29 is 28.7 Å². The summed E-state index contributed by atoms with van der Waals surface area (Å²) in [5.74, 6) is 1.38. The number of H-pyrrole nitrogens is 2. The van der Waals surface area contributed by atoms with Crippen LogP contribution in [-0.4, -0.2) is 92.6 Å². The van der Waals surface area contributed by atoms with Gasteiger partial charge in [-0.2, -0.15) is 0 Å². The number of hydrogen-bond donors (Lipinski definition) is 4. The number of amides is 4. The fraction of sp³-hybridized carbons (Fsp3) is 0.447. The van der Waals surface area contributed by atoms with Crippen LogP contribution in [0.15, 0.2) is 73.1 Å². The van der Waals surface area contributed by atoms with Gasteiger partial charge in [0, 0.05) is 18.2 Å². The van der Waals surface area contributed by atoms with Crippen LogP contribution in [0.3, 0.4) is 0 Å². The maximum absolute atomic E-state index is 13.9.